The van der Waals surface area contributed by atoms with E-state index in [2.05, 4.69) is 48.5 Å². The summed E-state index contributed by atoms with van der Waals surface area (Å²) in [6.07, 6.45) is 0.639. The van der Waals surface area contributed by atoms with Crippen molar-refractivity contribution in [3.05, 3.63) is 155 Å². The molecule has 0 aromatic heterocycles. The molecular formula is C41H48O11. The van der Waals surface area contributed by atoms with Crippen LogP contribution in [0.25, 0.3) is 10.8 Å². The maximum atomic E-state index is 10.8. The molecule has 0 amide bonds. The third-order valence-electron chi connectivity index (χ3n) is 6.01. The van der Waals surface area contributed by atoms with Crippen molar-refractivity contribution in [1.82, 2.24) is 0 Å². The highest BCUT2D eigenvalue weighted by molar-refractivity contribution is 5.95. The zero-order valence-electron chi connectivity index (χ0n) is 26.9. The van der Waals surface area contributed by atoms with Gasteiger partial charge in [0.15, 0.2) is 5.78 Å². The molecule has 11 heteroatoms. The smallest absolute Gasteiger partial charge is 0.335 e. The van der Waals surface area contributed by atoms with Crippen LogP contribution in [-0.4, -0.2) is 61.2 Å². The molecule has 5 N–H and O–H groups in total. The van der Waals surface area contributed by atoms with Crippen LogP contribution in [0.3, 0.4) is 0 Å². The molecular weight excluding hydrogens is 668 g/mol. The van der Waals surface area contributed by atoms with Gasteiger partial charge in [-0.2, -0.15) is 0 Å². The van der Waals surface area contributed by atoms with Crippen LogP contribution in [0.4, 0.5) is 0 Å². The number of ketones is 1. The highest BCUT2D eigenvalue weighted by atomic mass is 16.4. The van der Waals surface area contributed by atoms with Gasteiger partial charge in [0.25, 0.3) is 11.9 Å². The van der Waals surface area contributed by atoms with Crippen LogP contribution < -0.4 is 0 Å². The minimum absolute atomic E-state index is 0. The summed E-state index contributed by atoms with van der Waals surface area (Å²) in [7, 11) is 0. The van der Waals surface area contributed by atoms with E-state index in [1.807, 2.05) is 0 Å². The van der Waals surface area contributed by atoms with Gasteiger partial charge in [-0.15, -0.1) is 0 Å². The largest absolute Gasteiger partial charge is 0.481 e. The summed E-state index contributed by atoms with van der Waals surface area (Å²) in [5.74, 6) is -4.60. The minimum atomic E-state index is -0.981. The van der Waals surface area contributed by atoms with Gasteiger partial charge in [0.05, 0.1) is 16.7 Å². The summed E-state index contributed by atoms with van der Waals surface area (Å²) < 4.78 is 0. The van der Waals surface area contributed by atoms with Crippen LogP contribution in [-0.2, 0) is 16.0 Å². The fourth-order valence-corrected chi connectivity index (χ4v) is 3.75. The molecule has 0 saturated carbocycles. The summed E-state index contributed by atoms with van der Waals surface area (Å²) in [4.78, 5) is 60.6. The highest BCUT2D eigenvalue weighted by Crippen LogP contribution is 2.13. The average Bonchev–Trinajstić information content (AvgIpc) is 3.05. The number of rotatable bonds is 6. The molecule has 5 aromatic carbocycles. The first kappa shape index (κ1) is 49.8. The minimum Gasteiger partial charge on any atom is -0.481 e. The Kier molecular flexibility index (Phi) is 25.1. The van der Waals surface area contributed by atoms with Crippen LogP contribution in [0.5, 0.6) is 0 Å². The lowest BCUT2D eigenvalue weighted by Gasteiger charge is -2.03. The Hall–Kier alpha value is -6.62. The second-order valence-electron chi connectivity index (χ2n) is 10.0. The number of carboxylic acid groups (broad SMARTS) is 5. The molecule has 52 heavy (non-hydrogen) atoms. The summed E-state index contributed by atoms with van der Waals surface area (Å²) in [5, 5.41) is 43.6. The molecule has 0 spiro atoms. The Morgan fingerprint density at radius 2 is 0.596 bits per heavy atom. The van der Waals surface area contributed by atoms with Crippen molar-refractivity contribution < 1.29 is 54.3 Å². The van der Waals surface area contributed by atoms with Gasteiger partial charge in [0.1, 0.15) is 0 Å². The molecule has 0 bridgehead atoms. The zero-order chi connectivity index (χ0) is 36.9. The first-order valence-corrected chi connectivity index (χ1v) is 14.4. The number of hydrogen-bond donors (Lipinski definition) is 5. The van der Waals surface area contributed by atoms with Crippen molar-refractivity contribution in [2.45, 2.75) is 49.5 Å². The zero-order valence-corrected chi connectivity index (χ0v) is 26.9. The van der Waals surface area contributed by atoms with Crippen LogP contribution in [0.2, 0.25) is 0 Å². The predicted octanol–water partition coefficient (Wildman–Crippen LogP) is 9.19. The van der Waals surface area contributed by atoms with Crippen molar-refractivity contribution in [3.63, 3.8) is 0 Å². The quantitative estimate of drug-likeness (QED) is 0.105. The maximum Gasteiger partial charge on any atom is 0.335 e. The van der Waals surface area contributed by atoms with Crippen molar-refractivity contribution in [2.75, 3.05) is 0 Å². The van der Waals surface area contributed by atoms with E-state index >= 15 is 0 Å². The lowest BCUT2D eigenvalue weighted by Crippen LogP contribution is -1.98. The Morgan fingerprint density at radius 1 is 0.385 bits per heavy atom. The lowest BCUT2D eigenvalue weighted by molar-refractivity contribution is -0.135. The van der Waals surface area contributed by atoms with Gasteiger partial charge >= 0.3 is 17.9 Å². The van der Waals surface area contributed by atoms with Gasteiger partial charge in [0.2, 0.25) is 0 Å². The van der Waals surface area contributed by atoms with Gasteiger partial charge in [-0.25, -0.2) is 14.4 Å². The number of aliphatic carboxylic acids is 2. The Morgan fingerprint density at radius 3 is 0.808 bits per heavy atom. The van der Waals surface area contributed by atoms with E-state index in [0.29, 0.717) is 12.0 Å². The number of aromatic carboxylic acids is 3. The van der Waals surface area contributed by atoms with Gasteiger partial charge in [-0.3, -0.25) is 14.4 Å². The molecule has 0 aliphatic rings. The monoisotopic (exact) mass is 716 g/mol. The topological polar surface area (TPSA) is 204 Å². The number of carbonyl (C=O) groups excluding carboxylic acids is 1. The molecule has 0 saturated heterocycles. The fraction of sp³-hybridized carbons (Fsp3) is 0.171. The van der Waals surface area contributed by atoms with Gasteiger partial charge < -0.3 is 25.5 Å². The van der Waals surface area contributed by atoms with Crippen molar-refractivity contribution in [3.8, 4) is 0 Å². The van der Waals surface area contributed by atoms with Crippen molar-refractivity contribution in [1.29, 1.82) is 0 Å². The van der Waals surface area contributed by atoms with E-state index in [0.717, 1.165) is 25.0 Å². The number of Topliss-reactive ketones (excluding diaryl/α,β-unsaturated/α-hetero) is 1. The van der Waals surface area contributed by atoms with E-state index in [1.165, 1.54) is 42.0 Å². The van der Waals surface area contributed by atoms with E-state index in [1.54, 1.807) is 48.5 Å². The lowest BCUT2D eigenvalue weighted by atomic mass is 10.0. The summed E-state index contributed by atoms with van der Waals surface area (Å²) >= 11 is 0. The standard InChI is InChI=1S/C15H12O4.C10H8.C9H8O3.2C2H4O2.3CH4/c16-14(17)12-5-1-10(2-6-12)9-11-3-7-13(8-4-11)15(18)19;1-2-6-10-8-4-3-7-9(10)5-1;1-6(10)7-2-4-8(5-3-7)9(11)12;2*1-2(3)4;;;/h1-8H,9H2,(H,16,17)(H,18,19);1-8H;2-5H,1H3,(H,11,12);2*1H3,(H,3,4);3*1H4. The van der Waals surface area contributed by atoms with Crippen LogP contribution >= 0.6 is 0 Å². The Labute approximate surface area is 304 Å². The van der Waals surface area contributed by atoms with E-state index in [4.69, 9.17) is 35.1 Å². The van der Waals surface area contributed by atoms with Crippen molar-refractivity contribution >= 4 is 46.4 Å². The van der Waals surface area contributed by atoms with E-state index in [-0.39, 0.29) is 44.8 Å². The summed E-state index contributed by atoms with van der Waals surface area (Å²) in [5.41, 5.74) is 3.19. The van der Waals surface area contributed by atoms with E-state index < -0.39 is 29.8 Å². The first-order valence-electron chi connectivity index (χ1n) is 14.4. The molecule has 0 aliphatic heterocycles. The second kappa shape index (κ2) is 26.3. The highest BCUT2D eigenvalue weighted by Gasteiger charge is 2.05. The normalized spacial score (nSPS) is 8.75. The second-order valence-corrected chi connectivity index (χ2v) is 10.0. The fourth-order valence-electron chi connectivity index (χ4n) is 3.75. The van der Waals surface area contributed by atoms with Gasteiger partial charge in [-0.05, 0) is 71.6 Å². The number of fused-ring (bicyclic) bond motifs is 1. The Bertz CT molecular complexity index is 1670. The van der Waals surface area contributed by atoms with Crippen molar-refractivity contribution in [2.24, 2.45) is 0 Å². The van der Waals surface area contributed by atoms with Gasteiger partial charge in [0, 0.05) is 19.4 Å². The first-order chi connectivity index (χ1) is 23.1. The molecule has 0 unspecified atom stereocenters. The molecule has 5 rings (SSSR count). The molecule has 0 atom stereocenters. The third kappa shape index (κ3) is 20.7. The van der Waals surface area contributed by atoms with E-state index in [9.17, 15) is 19.2 Å². The number of carbonyl (C=O) groups is 6. The SMILES string of the molecule is C.C.C.CC(=O)O.CC(=O)O.CC(=O)c1ccc(C(=O)O)cc1.O=C(O)c1ccc(Cc2ccc(C(=O)O)cc2)cc1.c1ccc2ccccc2c1. The molecule has 5 aromatic rings. The summed E-state index contributed by atoms with van der Waals surface area (Å²) in [6.45, 7) is 3.61. The predicted molar refractivity (Wildman–Crippen MR) is 204 cm³/mol. The third-order valence-corrected chi connectivity index (χ3v) is 6.01. The van der Waals surface area contributed by atoms with Gasteiger partial charge in [-0.1, -0.05) is 107 Å². The Balaban J connectivity index is -0.000000634. The molecule has 0 heterocycles. The molecule has 0 aliphatic carbocycles. The number of carboxylic acids is 5. The summed E-state index contributed by atoms with van der Waals surface area (Å²) in [6, 6.07) is 35.8. The molecule has 278 valence electrons. The van der Waals surface area contributed by atoms with Crippen LogP contribution in [0.1, 0.15) is 95.6 Å². The maximum absolute atomic E-state index is 10.8. The molecule has 0 radical (unpaired) electrons. The molecule has 0 fully saturated rings. The number of hydrogen-bond acceptors (Lipinski definition) is 6. The average molecular weight is 717 g/mol. The molecule has 11 nitrogen and oxygen atoms in total. The van der Waals surface area contributed by atoms with Crippen LogP contribution in [0.15, 0.2) is 121 Å². The van der Waals surface area contributed by atoms with Crippen LogP contribution in [0, 0.1) is 0 Å². The number of benzene rings is 5.